The van der Waals surface area contributed by atoms with Crippen molar-refractivity contribution < 1.29 is 19.3 Å². The molecule has 10 nitrogen and oxygen atoms in total. The standard InChI is InChI=1S/C22H19IN4O6/c1-2-32-21-12-16(13-24-25-17-5-9-19(10-6-17)27(30)31)11-20(23)22(21)33-14-15-3-7-18(8-4-15)26(28)29/h3-13,25H,2,14H2,1H3/b24-13+. The minimum absolute atomic E-state index is 0.00440. The number of rotatable bonds is 10. The van der Waals surface area contributed by atoms with Gasteiger partial charge in [-0.1, -0.05) is 0 Å². The number of nitro benzene ring substituents is 2. The third-order valence-corrected chi connectivity index (χ3v) is 5.15. The summed E-state index contributed by atoms with van der Waals surface area (Å²) in [5.74, 6) is 1.11. The predicted octanol–water partition coefficient (Wildman–Crippen LogP) is 5.53. The number of hydrazone groups is 1. The van der Waals surface area contributed by atoms with Crippen LogP contribution in [0.4, 0.5) is 17.1 Å². The number of nitrogens with one attached hydrogen (secondary N) is 1. The highest BCUT2D eigenvalue weighted by Crippen LogP contribution is 2.34. The number of nitro groups is 2. The number of halogens is 1. The number of anilines is 1. The van der Waals surface area contributed by atoms with Gasteiger partial charge in [0.05, 0.1) is 31.9 Å². The molecule has 0 amide bonds. The summed E-state index contributed by atoms with van der Waals surface area (Å²) in [6.45, 7) is 2.53. The number of benzene rings is 3. The van der Waals surface area contributed by atoms with Gasteiger partial charge < -0.3 is 9.47 Å². The molecule has 0 aliphatic carbocycles. The van der Waals surface area contributed by atoms with E-state index in [0.717, 1.165) is 14.7 Å². The molecule has 11 heteroatoms. The van der Waals surface area contributed by atoms with Gasteiger partial charge in [-0.05, 0) is 77.0 Å². The summed E-state index contributed by atoms with van der Waals surface area (Å²) in [6.07, 6.45) is 1.60. The van der Waals surface area contributed by atoms with Crippen LogP contribution in [-0.4, -0.2) is 22.7 Å². The first kappa shape index (κ1) is 23.9. The van der Waals surface area contributed by atoms with E-state index in [4.69, 9.17) is 9.47 Å². The molecule has 0 saturated carbocycles. The Kier molecular flexibility index (Phi) is 8.13. The number of non-ortho nitro benzene ring substituents is 2. The molecule has 0 fully saturated rings. The monoisotopic (exact) mass is 562 g/mol. The van der Waals surface area contributed by atoms with E-state index in [1.807, 2.05) is 13.0 Å². The second-order valence-corrected chi connectivity index (χ2v) is 7.81. The second kappa shape index (κ2) is 11.2. The normalized spacial score (nSPS) is 10.7. The number of ether oxygens (including phenoxy) is 2. The largest absolute Gasteiger partial charge is 0.490 e. The van der Waals surface area contributed by atoms with Gasteiger partial charge in [-0.15, -0.1) is 0 Å². The summed E-state index contributed by atoms with van der Waals surface area (Å²) in [5.41, 5.74) is 5.02. The van der Waals surface area contributed by atoms with Crippen molar-refractivity contribution in [3.8, 4) is 11.5 Å². The summed E-state index contributed by atoms with van der Waals surface area (Å²) in [4.78, 5) is 20.6. The lowest BCUT2D eigenvalue weighted by molar-refractivity contribution is -0.385. The molecule has 33 heavy (non-hydrogen) atoms. The minimum atomic E-state index is -0.463. The van der Waals surface area contributed by atoms with Gasteiger partial charge in [-0.25, -0.2) is 0 Å². The molecule has 170 valence electrons. The SMILES string of the molecule is CCOc1cc(/C=N/Nc2ccc([N+](=O)[O-])cc2)cc(I)c1OCc1ccc([N+](=O)[O-])cc1. The first-order chi connectivity index (χ1) is 15.9. The zero-order valence-electron chi connectivity index (χ0n) is 17.4. The molecule has 3 aromatic rings. The maximum Gasteiger partial charge on any atom is 0.269 e. The number of hydrogen-bond acceptors (Lipinski definition) is 8. The molecule has 0 aromatic heterocycles. The Balaban J connectivity index is 1.71. The van der Waals surface area contributed by atoms with Gasteiger partial charge in [0.1, 0.15) is 6.61 Å². The highest BCUT2D eigenvalue weighted by Gasteiger charge is 2.13. The average Bonchev–Trinajstić information content (AvgIpc) is 2.79. The molecular weight excluding hydrogens is 543 g/mol. The highest BCUT2D eigenvalue weighted by atomic mass is 127. The van der Waals surface area contributed by atoms with Crippen LogP contribution < -0.4 is 14.9 Å². The Bertz CT molecular complexity index is 1170. The van der Waals surface area contributed by atoms with Crippen molar-refractivity contribution in [2.75, 3.05) is 12.0 Å². The quantitative estimate of drug-likeness (QED) is 0.149. The van der Waals surface area contributed by atoms with E-state index in [2.05, 4.69) is 33.1 Å². The Morgan fingerprint density at radius 2 is 1.58 bits per heavy atom. The van der Waals surface area contributed by atoms with Crippen LogP contribution in [0.25, 0.3) is 0 Å². The van der Waals surface area contributed by atoms with Crippen LogP contribution in [0.3, 0.4) is 0 Å². The van der Waals surface area contributed by atoms with Crippen LogP contribution in [0, 0.1) is 23.8 Å². The van der Waals surface area contributed by atoms with Crippen LogP contribution >= 0.6 is 22.6 Å². The molecule has 0 heterocycles. The maximum atomic E-state index is 10.8. The summed E-state index contributed by atoms with van der Waals surface area (Å²) < 4.78 is 12.5. The first-order valence-corrected chi connectivity index (χ1v) is 10.8. The van der Waals surface area contributed by atoms with E-state index in [9.17, 15) is 20.2 Å². The van der Waals surface area contributed by atoms with Crippen molar-refractivity contribution in [1.29, 1.82) is 0 Å². The van der Waals surface area contributed by atoms with Crippen LogP contribution in [0.1, 0.15) is 18.1 Å². The Morgan fingerprint density at radius 3 is 2.15 bits per heavy atom. The molecule has 3 aromatic carbocycles. The lowest BCUT2D eigenvalue weighted by Gasteiger charge is -2.14. The van der Waals surface area contributed by atoms with E-state index in [-0.39, 0.29) is 18.0 Å². The van der Waals surface area contributed by atoms with E-state index in [0.29, 0.717) is 23.8 Å². The van der Waals surface area contributed by atoms with Crippen LogP contribution in [0.2, 0.25) is 0 Å². The summed E-state index contributed by atoms with van der Waals surface area (Å²) >= 11 is 2.14. The van der Waals surface area contributed by atoms with Crippen molar-refractivity contribution in [2.45, 2.75) is 13.5 Å². The molecule has 0 saturated heterocycles. The summed E-state index contributed by atoms with van der Waals surface area (Å²) in [5, 5.41) is 25.7. The van der Waals surface area contributed by atoms with Crippen molar-refractivity contribution in [3.05, 3.63) is 95.6 Å². The topological polar surface area (TPSA) is 129 Å². The lowest BCUT2D eigenvalue weighted by atomic mass is 10.2. The molecule has 0 aliphatic rings. The van der Waals surface area contributed by atoms with Gasteiger partial charge in [0.25, 0.3) is 11.4 Å². The van der Waals surface area contributed by atoms with E-state index >= 15 is 0 Å². The molecule has 0 spiro atoms. The highest BCUT2D eigenvalue weighted by molar-refractivity contribution is 14.1. The molecule has 0 radical (unpaired) electrons. The van der Waals surface area contributed by atoms with Crippen LogP contribution in [0.5, 0.6) is 11.5 Å². The number of hydrogen-bond donors (Lipinski definition) is 1. The predicted molar refractivity (Wildman–Crippen MR) is 132 cm³/mol. The summed E-state index contributed by atoms with van der Waals surface area (Å²) in [7, 11) is 0. The second-order valence-electron chi connectivity index (χ2n) is 6.65. The van der Waals surface area contributed by atoms with Gasteiger partial charge in [0.2, 0.25) is 0 Å². The third kappa shape index (κ3) is 6.62. The Hall–Kier alpha value is -3.74. The van der Waals surface area contributed by atoms with Crippen molar-refractivity contribution in [3.63, 3.8) is 0 Å². The van der Waals surface area contributed by atoms with Crippen molar-refractivity contribution >= 4 is 45.9 Å². The Labute approximate surface area is 202 Å². The number of nitrogens with zero attached hydrogens (tertiary/aromatic N) is 3. The molecule has 3 rings (SSSR count). The first-order valence-electron chi connectivity index (χ1n) is 9.73. The maximum absolute atomic E-state index is 10.8. The molecule has 1 N–H and O–H groups in total. The zero-order chi connectivity index (χ0) is 23.8. The smallest absolute Gasteiger partial charge is 0.269 e. The van der Waals surface area contributed by atoms with Gasteiger partial charge in [-0.2, -0.15) is 5.10 Å². The minimum Gasteiger partial charge on any atom is -0.490 e. The third-order valence-electron chi connectivity index (χ3n) is 4.35. The molecule has 0 bridgehead atoms. The van der Waals surface area contributed by atoms with E-state index < -0.39 is 9.85 Å². The fraction of sp³-hybridized carbons (Fsp3) is 0.136. The van der Waals surface area contributed by atoms with Crippen LogP contribution in [-0.2, 0) is 6.61 Å². The van der Waals surface area contributed by atoms with Gasteiger partial charge in [0, 0.05) is 24.3 Å². The molecule has 0 aliphatic heterocycles. The van der Waals surface area contributed by atoms with E-state index in [1.165, 1.54) is 24.3 Å². The molecule has 0 unspecified atom stereocenters. The van der Waals surface area contributed by atoms with Gasteiger partial charge in [0.15, 0.2) is 11.5 Å². The average molecular weight is 562 g/mol. The van der Waals surface area contributed by atoms with Crippen molar-refractivity contribution in [2.24, 2.45) is 5.10 Å². The lowest BCUT2D eigenvalue weighted by Crippen LogP contribution is -2.03. The zero-order valence-corrected chi connectivity index (χ0v) is 19.6. The molecule has 0 atom stereocenters. The fourth-order valence-corrected chi connectivity index (χ4v) is 3.55. The fourth-order valence-electron chi connectivity index (χ4n) is 2.77. The van der Waals surface area contributed by atoms with E-state index in [1.54, 1.807) is 36.5 Å². The van der Waals surface area contributed by atoms with Crippen molar-refractivity contribution in [1.82, 2.24) is 0 Å². The van der Waals surface area contributed by atoms with Gasteiger partial charge in [-0.3, -0.25) is 25.7 Å². The van der Waals surface area contributed by atoms with Crippen LogP contribution in [0.15, 0.2) is 65.8 Å². The Morgan fingerprint density at radius 1 is 0.970 bits per heavy atom. The van der Waals surface area contributed by atoms with Gasteiger partial charge >= 0.3 is 0 Å². The molecular formula is C22H19IN4O6. The summed E-state index contributed by atoms with van der Waals surface area (Å²) in [6, 6.07) is 15.8.